The van der Waals surface area contributed by atoms with Gasteiger partial charge >= 0.3 is 17.9 Å². The van der Waals surface area contributed by atoms with Crippen LogP contribution in [-0.2, 0) is 28.6 Å². The van der Waals surface area contributed by atoms with Gasteiger partial charge in [-0.1, -0.05) is 239 Å². The summed E-state index contributed by atoms with van der Waals surface area (Å²) in [5.41, 5.74) is 0. The number of ether oxygens (including phenoxy) is 3. The van der Waals surface area contributed by atoms with E-state index in [0.717, 1.165) is 141 Å². The van der Waals surface area contributed by atoms with Crippen LogP contribution in [0, 0.1) is 0 Å². The fraction of sp³-hybridized carbons (Fsp3) is 0.657. The molecule has 0 aromatic rings. The van der Waals surface area contributed by atoms with Crippen LogP contribution in [0.2, 0.25) is 0 Å². The molecule has 0 amide bonds. The number of esters is 3. The Labute approximate surface area is 450 Å². The third-order valence-corrected chi connectivity index (χ3v) is 12.4. The van der Waals surface area contributed by atoms with Gasteiger partial charge in [0.1, 0.15) is 13.2 Å². The largest absolute Gasteiger partial charge is 0.462 e. The quantitative estimate of drug-likeness (QED) is 0.0261. The topological polar surface area (TPSA) is 78.9 Å². The number of allylic oxidation sites excluding steroid dienone is 20. The maximum atomic E-state index is 12.9. The molecule has 0 fully saturated rings. The van der Waals surface area contributed by atoms with Gasteiger partial charge in [-0.3, -0.25) is 14.4 Å². The van der Waals surface area contributed by atoms with Crippen LogP contribution < -0.4 is 0 Å². The number of hydrogen-bond acceptors (Lipinski definition) is 6. The summed E-state index contributed by atoms with van der Waals surface area (Å²) in [5, 5.41) is 0. The molecule has 6 heteroatoms. The summed E-state index contributed by atoms with van der Waals surface area (Å²) in [4.78, 5) is 38.2. The van der Waals surface area contributed by atoms with Crippen molar-refractivity contribution in [2.45, 2.75) is 271 Å². The highest BCUT2D eigenvalue weighted by molar-refractivity contribution is 5.71. The third kappa shape index (κ3) is 58.6. The fourth-order valence-electron chi connectivity index (χ4n) is 7.98. The minimum atomic E-state index is -0.797. The van der Waals surface area contributed by atoms with Crippen molar-refractivity contribution in [3.8, 4) is 0 Å². The van der Waals surface area contributed by atoms with Crippen molar-refractivity contribution in [1.82, 2.24) is 0 Å². The first-order valence-corrected chi connectivity index (χ1v) is 30.0. The molecule has 0 aliphatic heterocycles. The second-order valence-electron chi connectivity index (χ2n) is 19.5. The van der Waals surface area contributed by atoms with Gasteiger partial charge in [0.05, 0.1) is 0 Å². The first kappa shape index (κ1) is 68.8. The summed E-state index contributed by atoms with van der Waals surface area (Å²) >= 11 is 0. The Hall–Kier alpha value is -4.19. The Morgan fingerprint density at radius 1 is 0.288 bits per heavy atom. The molecule has 1 atom stereocenters. The first-order valence-electron chi connectivity index (χ1n) is 30.0. The molecule has 0 saturated carbocycles. The molecule has 0 aromatic heterocycles. The molecule has 0 rings (SSSR count). The normalized spacial score (nSPS) is 13.0. The molecule has 0 aromatic carbocycles. The van der Waals surface area contributed by atoms with Gasteiger partial charge in [-0.25, -0.2) is 0 Å². The third-order valence-electron chi connectivity index (χ3n) is 12.4. The maximum Gasteiger partial charge on any atom is 0.306 e. The molecule has 0 saturated heterocycles. The summed E-state index contributed by atoms with van der Waals surface area (Å²) < 4.78 is 16.9. The highest BCUT2D eigenvalue weighted by Crippen LogP contribution is 2.14. The zero-order chi connectivity index (χ0) is 52.9. The van der Waals surface area contributed by atoms with Gasteiger partial charge in [0.15, 0.2) is 6.10 Å². The van der Waals surface area contributed by atoms with Gasteiger partial charge in [-0.2, -0.15) is 0 Å². The maximum absolute atomic E-state index is 12.9. The van der Waals surface area contributed by atoms with Crippen LogP contribution in [0.3, 0.4) is 0 Å². The number of rotatable bonds is 53. The lowest BCUT2D eigenvalue weighted by Crippen LogP contribution is -2.30. The molecule has 6 nitrogen and oxygen atoms in total. The molecule has 0 spiro atoms. The monoisotopic (exact) mass is 1010 g/mol. The van der Waals surface area contributed by atoms with Crippen LogP contribution in [-0.4, -0.2) is 37.2 Å². The zero-order valence-electron chi connectivity index (χ0n) is 47.4. The van der Waals surface area contributed by atoms with E-state index in [4.69, 9.17) is 14.2 Å². The van der Waals surface area contributed by atoms with Gasteiger partial charge in [-0.05, 0) is 128 Å². The molecule has 0 radical (unpaired) electrons. The number of hydrogen-bond donors (Lipinski definition) is 0. The first-order chi connectivity index (χ1) is 36.0. The van der Waals surface area contributed by atoms with E-state index >= 15 is 0 Å². The van der Waals surface area contributed by atoms with Crippen LogP contribution in [0.1, 0.15) is 265 Å². The smallest absolute Gasteiger partial charge is 0.306 e. The molecule has 0 aliphatic rings. The fourth-order valence-corrected chi connectivity index (χ4v) is 7.98. The van der Waals surface area contributed by atoms with E-state index in [0.29, 0.717) is 19.3 Å². The highest BCUT2D eigenvalue weighted by Gasteiger charge is 2.19. The van der Waals surface area contributed by atoms with E-state index in [9.17, 15) is 14.4 Å². The zero-order valence-corrected chi connectivity index (χ0v) is 47.4. The second kappa shape index (κ2) is 60.4. The van der Waals surface area contributed by atoms with Crippen molar-refractivity contribution >= 4 is 17.9 Å². The van der Waals surface area contributed by atoms with Gasteiger partial charge in [0, 0.05) is 19.3 Å². The van der Waals surface area contributed by atoms with Crippen molar-refractivity contribution in [1.29, 1.82) is 0 Å². The van der Waals surface area contributed by atoms with Crippen molar-refractivity contribution < 1.29 is 28.6 Å². The predicted molar refractivity (Wildman–Crippen MR) is 316 cm³/mol. The van der Waals surface area contributed by atoms with Crippen LogP contribution in [0.25, 0.3) is 0 Å². The lowest BCUT2D eigenvalue weighted by Gasteiger charge is -2.18. The molecular formula is C67H110O6. The van der Waals surface area contributed by atoms with Crippen molar-refractivity contribution in [2.24, 2.45) is 0 Å². The molecule has 414 valence electrons. The molecular weight excluding hydrogens is 901 g/mol. The van der Waals surface area contributed by atoms with E-state index in [1.54, 1.807) is 0 Å². The van der Waals surface area contributed by atoms with Crippen LogP contribution in [0.4, 0.5) is 0 Å². The van der Waals surface area contributed by atoms with Crippen molar-refractivity contribution in [2.75, 3.05) is 13.2 Å². The SMILES string of the molecule is CC/C=C\C/C=C\C/C=C\C/C=C\C/C=C\C/C=C\CCCCCCCCC(=O)OCC(COC(=O)CCCCCCC/C=C\CCCCCC)OC(=O)CCCCCCCCC/C=C\C/C=C\C/C=C\CC. The molecule has 0 aliphatic carbocycles. The molecule has 0 heterocycles. The van der Waals surface area contributed by atoms with Gasteiger partial charge in [0.25, 0.3) is 0 Å². The van der Waals surface area contributed by atoms with Crippen LogP contribution >= 0.6 is 0 Å². The van der Waals surface area contributed by atoms with E-state index in [2.05, 4.69) is 142 Å². The average molecular weight is 1010 g/mol. The summed E-state index contributed by atoms with van der Waals surface area (Å²) in [6.07, 6.45) is 83.3. The molecule has 0 bridgehead atoms. The minimum Gasteiger partial charge on any atom is -0.462 e. The van der Waals surface area contributed by atoms with Crippen LogP contribution in [0.5, 0.6) is 0 Å². The Morgan fingerprint density at radius 2 is 0.534 bits per heavy atom. The molecule has 0 N–H and O–H groups in total. The van der Waals surface area contributed by atoms with E-state index in [-0.39, 0.29) is 31.1 Å². The summed E-state index contributed by atoms with van der Waals surface area (Å²) in [6, 6.07) is 0. The lowest BCUT2D eigenvalue weighted by atomic mass is 10.1. The summed E-state index contributed by atoms with van der Waals surface area (Å²) in [5.74, 6) is -0.926. The Bertz CT molecular complexity index is 1540. The summed E-state index contributed by atoms with van der Waals surface area (Å²) in [6.45, 7) is 6.37. The Kier molecular flexibility index (Phi) is 56.9. The van der Waals surface area contributed by atoms with Crippen molar-refractivity contribution in [3.05, 3.63) is 122 Å². The van der Waals surface area contributed by atoms with E-state index < -0.39 is 6.10 Å². The average Bonchev–Trinajstić information content (AvgIpc) is 3.39. The second-order valence-corrected chi connectivity index (χ2v) is 19.5. The summed E-state index contributed by atoms with van der Waals surface area (Å²) in [7, 11) is 0. The van der Waals surface area contributed by atoms with Crippen LogP contribution in [0.15, 0.2) is 122 Å². The van der Waals surface area contributed by atoms with E-state index in [1.807, 2.05) is 0 Å². The van der Waals surface area contributed by atoms with Gasteiger partial charge in [-0.15, -0.1) is 0 Å². The molecule has 1 unspecified atom stereocenters. The standard InChI is InChI=1S/C67H110O6/c1-4-7-10-13-16-19-22-25-27-29-30-31-32-33-34-35-36-38-39-42-45-48-51-54-57-60-66(69)72-63-64(62-71-65(68)59-56-53-50-47-44-41-24-21-18-15-12-9-6-3)73-67(70)61-58-55-52-49-46-43-40-37-28-26-23-20-17-14-11-8-5-2/h7-8,10-11,16-17,19-21,24-28,30-31,33-34,36,38,64H,4-6,9,12-15,18,22-23,29,32,35,37,39-63H2,1-3H3/b10-7-,11-8-,19-16-,20-17-,24-21-,27-25-,28-26-,31-30-,34-33-,38-36-. The highest BCUT2D eigenvalue weighted by atomic mass is 16.6. The van der Waals surface area contributed by atoms with Gasteiger partial charge < -0.3 is 14.2 Å². The Morgan fingerprint density at radius 3 is 0.849 bits per heavy atom. The minimum absolute atomic E-state index is 0.0935. The number of carbonyl (C=O) groups excluding carboxylic acids is 3. The van der Waals surface area contributed by atoms with Crippen molar-refractivity contribution in [3.63, 3.8) is 0 Å². The Balaban J connectivity index is 4.40. The number of carbonyl (C=O) groups is 3. The molecule has 73 heavy (non-hydrogen) atoms. The predicted octanol–water partition coefficient (Wildman–Crippen LogP) is 20.4. The lowest BCUT2D eigenvalue weighted by molar-refractivity contribution is -0.167. The van der Waals surface area contributed by atoms with E-state index in [1.165, 1.54) is 83.5 Å². The number of unbranched alkanes of at least 4 members (excludes halogenated alkanes) is 22. The van der Waals surface area contributed by atoms with Gasteiger partial charge in [0.2, 0.25) is 0 Å².